The highest BCUT2D eigenvalue weighted by Gasteiger charge is 2.25. The van der Waals surface area contributed by atoms with Gasteiger partial charge in [-0.2, -0.15) is 5.26 Å². The Morgan fingerprint density at radius 3 is 2.54 bits per heavy atom. The molecule has 1 aliphatic rings. The third-order valence-electron chi connectivity index (χ3n) is 4.87. The fourth-order valence-electron chi connectivity index (χ4n) is 3.60. The smallest absolute Gasteiger partial charge is 0.147 e. The zero-order chi connectivity index (χ0) is 17.1. The van der Waals surface area contributed by atoms with Gasteiger partial charge in [0.2, 0.25) is 0 Å². The summed E-state index contributed by atoms with van der Waals surface area (Å²) in [6.45, 7) is 7.84. The van der Waals surface area contributed by atoms with Crippen LogP contribution in [0.2, 0.25) is 0 Å². The average molecular weight is 323 g/mol. The number of nitrogens with zero attached hydrogens (tertiary/aromatic N) is 3. The van der Waals surface area contributed by atoms with Crippen molar-refractivity contribution >= 4 is 5.82 Å². The first-order valence-corrected chi connectivity index (χ1v) is 8.97. The quantitative estimate of drug-likeness (QED) is 0.769. The molecule has 2 heterocycles. The maximum absolute atomic E-state index is 9.92. The molecule has 1 aliphatic carbocycles. The van der Waals surface area contributed by atoms with Crippen molar-refractivity contribution in [3.63, 3.8) is 0 Å². The molecule has 0 N–H and O–H groups in total. The van der Waals surface area contributed by atoms with Gasteiger partial charge in [-0.05, 0) is 64.2 Å². The van der Waals surface area contributed by atoms with Crippen molar-refractivity contribution in [2.75, 3.05) is 18.0 Å². The molecule has 3 rings (SSSR count). The largest absolute Gasteiger partial charge is 0.461 e. The van der Waals surface area contributed by atoms with E-state index >= 15 is 0 Å². The van der Waals surface area contributed by atoms with Crippen LogP contribution in [0, 0.1) is 18.3 Å². The lowest BCUT2D eigenvalue weighted by Crippen LogP contribution is -2.25. The topological polar surface area (TPSA) is 53.1 Å². The highest BCUT2D eigenvalue weighted by atomic mass is 16.3. The van der Waals surface area contributed by atoms with Crippen molar-refractivity contribution in [2.24, 2.45) is 0 Å². The van der Waals surface area contributed by atoms with Crippen molar-refractivity contribution in [3.05, 3.63) is 34.7 Å². The molecular weight excluding hydrogens is 298 g/mol. The van der Waals surface area contributed by atoms with Crippen LogP contribution < -0.4 is 4.90 Å². The number of aryl methyl sites for hydroxylation is 2. The minimum absolute atomic E-state index is 0.661. The van der Waals surface area contributed by atoms with Gasteiger partial charge in [-0.25, -0.2) is 4.98 Å². The highest BCUT2D eigenvalue weighted by molar-refractivity contribution is 5.77. The first-order chi connectivity index (χ1) is 11.7. The van der Waals surface area contributed by atoms with E-state index in [1.54, 1.807) is 0 Å². The van der Waals surface area contributed by atoms with Crippen LogP contribution >= 0.6 is 0 Å². The molecule has 0 unspecified atom stereocenters. The maximum Gasteiger partial charge on any atom is 0.147 e. The molecule has 0 saturated heterocycles. The number of anilines is 1. The molecular formula is C20H25N3O. The van der Waals surface area contributed by atoms with Crippen LogP contribution in [-0.2, 0) is 12.8 Å². The molecule has 0 fully saturated rings. The van der Waals surface area contributed by atoms with E-state index in [1.807, 2.05) is 19.1 Å². The molecule has 4 heteroatoms. The fourth-order valence-corrected chi connectivity index (χ4v) is 3.60. The predicted octanol–water partition coefficient (Wildman–Crippen LogP) is 4.64. The van der Waals surface area contributed by atoms with Crippen LogP contribution in [0.4, 0.5) is 5.82 Å². The molecule has 0 saturated carbocycles. The van der Waals surface area contributed by atoms with Gasteiger partial charge in [0, 0.05) is 24.3 Å². The molecule has 0 aliphatic heterocycles. The van der Waals surface area contributed by atoms with E-state index in [9.17, 15) is 5.26 Å². The van der Waals surface area contributed by atoms with Crippen molar-refractivity contribution < 1.29 is 4.42 Å². The minimum atomic E-state index is 0.661. The summed E-state index contributed by atoms with van der Waals surface area (Å²) in [6, 6.07) is 6.39. The summed E-state index contributed by atoms with van der Waals surface area (Å²) in [4.78, 5) is 7.11. The molecule has 126 valence electrons. The Labute approximate surface area is 144 Å². The van der Waals surface area contributed by atoms with Crippen LogP contribution in [-0.4, -0.2) is 18.1 Å². The molecule has 4 nitrogen and oxygen atoms in total. The zero-order valence-electron chi connectivity index (χ0n) is 14.9. The van der Waals surface area contributed by atoms with Crippen LogP contribution in [0.25, 0.3) is 11.3 Å². The highest BCUT2D eigenvalue weighted by Crippen LogP contribution is 2.38. The molecule has 0 spiro atoms. The molecule has 0 amide bonds. The Kier molecular flexibility index (Phi) is 4.89. The van der Waals surface area contributed by atoms with Gasteiger partial charge < -0.3 is 9.32 Å². The third-order valence-corrected chi connectivity index (χ3v) is 4.87. The first kappa shape index (κ1) is 16.6. The first-order valence-electron chi connectivity index (χ1n) is 8.97. The number of furan rings is 1. The Bertz CT molecular complexity index is 766. The van der Waals surface area contributed by atoms with Gasteiger partial charge in [0.15, 0.2) is 0 Å². The van der Waals surface area contributed by atoms with Gasteiger partial charge >= 0.3 is 0 Å². The maximum atomic E-state index is 9.92. The van der Waals surface area contributed by atoms with E-state index < -0.39 is 0 Å². The second-order valence-corrected chi connectivity index (χ2v) is 6.37. The van der Waals surface area contributed by atoms with Crippen LogP contribution in [0.5, 0.6) is 0 Å². The van der Waals surface area contributed by atoms with Crippen molar-refractivity contribution in [1.82, 2.24) is 4.98 Å². The minimum Gasteiger partial charge on any atom is -0.461 e. The molecule has 0 radical (unpaired) electrons. The van der Waals surface area contributed by atoms with Crippen molar-refractivity contribution in [2.45, 2.75) is 52.9 Å². The van der Waals surface area contributed by atoms with E-state index in [-0.39, 0.29) is 0 Å². The molecule has 2 aromatic heterocycles. The molecule has 2 aromatic rings. The lowest BCUT2D eigenvalue weighted by molar-refractivity contribution is 0.547. The lowest BCUT2D eigenvalue weighted by Gasteiger charge is -2.24. The van der Waals surface area contributed by atoms with Gasteiger partial charge in [-0.1, -0.05) is 6.42 Å². The number of pyridine rings is 1. The predicted molar refractivity (Wildman–Crippen MR) is 96.2 cm³/mol. The van der Waals surface area contributed by atoms with Gasteiger partial charge in [0.05, 0.1) is 0 Å². The van der Waals surface area contributed by atoms with Gasteiger partial charge in [0.25, 0.3) is 0 Å². The number of aromatic nitrogens is 1. The molecule has 0 bridgehead atoms. The Morgan fingerprint density at radius 2 is 1.92 bits per heavy atom. The van der Waals surface area contributed by atoms with Gasteiger partial charge in [-0.15, -0.1) is 0 Å². The Morgan fingerprint density at radius 1 is 1.17 bits per heavy atom. The van der Waals surface area contributed by atoms with E-state index in [4.69, 9.17) is 9.40 Å². The second-order valence-electron chi connectivity index (χ2n) is 6.37. The average Bonchev–Trinajstić information content (AvgIpc) is 2.88. The van der Waals surface area contributed by atoms with Crippen molar-refractivity contribution in [3.8, 4) is 17.4 Å². The third kappa shape index (κ3) is 2.91. The van der Waals surface area contributed by atoms with Crippen molar-refractivity contribution in [1.29, 1.82) is 5.26 Å². The summed E-state index contributed by atoms with van der Waals surface area (Å²) < 4.78 is 5.92. The Hall–Kier alpha value is -2.28. The Balaban J connectivity index is 2.30. The summed E-state index contributed by atoms with van der Waals surface area (Å²) in [6.07, 6.45) is 5.50. The fraction of sp³-hybridized carbons (Fsp3) is 0.500. The number of hydrogen-bond donors (Lipinski definition) is 0. The van der Waals surface area contributed by atoms with Crippen LogP contribution in [0.1, 0.15) is 55.7 Å². The van der Waals surface area contributed by atoms with E-state index in [2.05, 4.69) is 24.8 Å². The lowest BCUT2D eigenvalue weighted by atomic mass is 9.95. The molecule has 0 atom stereocenters. The summed E-state index contributed by atoms with van der Waals surface area (Å²) in [5, 5.41) is 9.92. The SMILES string of the molecule is CCN(CC)c1nc2c(c(-c3ccc(C)o3)c1C#N)CCCCC2. The monoisotopic (exact) mass is 323 g/mol. The normalized spacial score (nSPS) is 13.9. The number of nitriles is 1. The summed E-state index contributed by atoms with van der Waals surface area (Å²) >= 11 is 0. The van der Waals surface area contributed by atoms with Crippen LogP contribution in [0.3, 0.4) is 0 Å². The standard InChI is InChI=1S/C20H25N3O/c1-4-23(5-2)20-16(13-21)19(18-12-11-14(3)24-18)15-9-7-6-8-10-17(15)22-20/h11-12H,4-10H2,1-3H3. The van der Waals surface area contributed by atoms with Gasteiger partial charge in [0.1, 0.15) is 29.0 Å². The van der Waals surface area contributed by atoms with E-state index in [0.717, 1.165) is 60.9 Å². The summed E-state index contributed by atoms with van der Waals surface area (Å²) in [5.74, 6) is 2.49. The molecule has 24 heavy (non-hydrogen) atoms. The van der Waals surface area contributed by atoms with E-state index in [0.29, 0.717) is 5.56 Å². The zero-order valence-corrected chi connectivity index (χ0v) is 14.9. The second kappa shape index (κ2) is 7.09. The molecule has 0 aromatic carbocycles. The number of fused-ring (bicyclic) bond motifs is 1. The van der Waals surface area contributed by atoms with Crippen LogP contribution in [0.15, 0.2) is 16.5 Å². The summed E-state index contributed by atoms with van der Waals surface area (Å²) in [5.41, 5.74) is 4.00. The van der Waals surface area contributed by atoms with Gasteiger partial charge in [-0.3, -0.25) is 0 Å². The van der Waals surface area contributed by atoms with E-state index in [1.165, 1.54) is 18.4 Å². The number of rotatable bonds is 4. The number of hydrogen-bond acceptors (Lipinski definition) is 4. The summed E-state index contributed by atoms with van der Waals surface area (Å²) in [7, 11) is 0.